The predicted molar refractivity (Wildman–Crippen MR) is 72.2 cm³/mol. The van der Waals surface area contributed by atoms with Crippen LogP contribution in [0.2, 0.25) is 0 Å². The van der Waals surface area contributed by atoms with Gasteiger partial charge in [-0.25, -0.2) is 0 Å². The van der Waals surface area contributed by atoms with Crippen molar-refractivity contribution in [1.82, 2.24) is 0 Å². The van der Waals surface area contributed by atoms with E-state index in [-0.39, 0.29) is 5.78 Å². The molecule has 0 aliphatic carbocycles. The average molecular weight is 243 g/mol. The third-order valence-corrected chi connectivity index (χ3v) is 3.50. The van der Waals surface area contributed by atoms with Crippen LogP contribution in [0.5, 0.6) is 0 Å². The van der Waals surface area contributed by atoms with Crippen LogP contribution < -0.4 is 5.73 Å². The van der Waals surface area contributed by atoms with Gasteiger partial charge in [-0.2, -0.15) is 0 Å². The second kappa shape index (κ2) is 5.08. The SMILES string of the molecule is C=Cc1ccsc1C(=O)c1ccc(CN)cc1. The minimum atomic E-state index is 0.0403. The quantitative estimate of drug-likeness (QED) is 0.839. The highest BCUT2D eigenvalue weighted by Crippen LogP contribution is 2.21. The Balaban J connectivity index is 2.33. The molecule has 2 nitrogen and oxygen atoms in total. The molecule has 2 aromatic rings. The fraction of sp³-hybridized carbons (Fsp3) is 0.0714. The molecule has 1 aromatic heterocycles. The first-order valence-corrected chi connectivity index (χ1v) is 6.18. The van der Waals surface area contributed by atoms with Crippen LogP contribution in [0, 0.1) is 0 Å². The van der Waals surface area contributed by atoms with Crippen LogP contribution in [-0.4, -0.2) is 5.78 Å². The van der Waals surface area contributed by atoms with Gasteiger partial charge in [0.25, 0.3) is 0 Å². The van der Waals surface area contributed by atoms with Crippen LogP contribution in [0.25, 0.3) is 6.08 Å². The molecule has 86 valence electrons. The molecule has 2 N–H and O–H groups in total. The van der Waals surface area contributed by atoms with E-state index in [4.69, 9.17) is 5.73 Å². The number of thiophene rings is 1. The van der Waals surface area contributed by atoms with E-state index in [9.17, 15) is 4.79 Å². The van der Waals surface area contributed by atoms with Gasteiger partial charge in [0.1, 0.15) is 0 Å². The molecule has 0 aliphatic heterocycles. The van der Waals surface area contributed by atoms with E-state index in [1.807, 2.05) is 35.7 Å². The summed E-state index contributed by atoms with van der Waals surface area (Å²) in [5, 5.41) is 1.90. The minimum Gasteiger partial charge on any atom is -0.326 e. The molecule has 17 heavy (non-hydrogen) atoms. The zero-order valence-electron chi connectivity index (χ0n) is 9.35. The Morgan fingerprint density at radius 3 is 2.59 bits per heavy atom. The molecule has 0 aliphatic rings. The smallest absolute Gasteiger partial charge is 0.203 e. The van der Waals surface area contributed by atoms with Gasteiger partial charge in [-0.3, -0.25) is 4.79 Å². The Bertz CT molecular complexity index is 540. The number of carbonyl (C=O) groups is 1. The van der Waals surface area contributed by atoms with Crippen molar-refractivity contribution >= 4 is 23.2 Å². The van der Waals surface area contributed by atoms with Crippen molar-refractivity contribution in [2.45, 2.75) is 6.54 Å². The molecule has 0 unspecified atom stereocenters. The van der Waals surface area contributed by atoms with Crippen molar-refractivity contribution in [2.75, 3.05) is 0 Å². The van der Waals surface area contributed by atoms with Gasteiger partial charge in [0.05, 0.1) is 4.88 Å². The van der Waals surface area contributed by atoms with Crippen LogP contribution in [0.15, 0.2) is 42.3 Å². The van der Waals surface area contributed by atoms with Gasteiger partial charge in [-0.05, 0) is 22.6 Å². The van der Waals surface area contributed by atoms with Crippen LogP contribution in [0.3, 0.4) is 0 Å². The lowest BCUT2D eigenvalue weighted by Gasteiger charge is -2.01. The maximum Gasteiger partial charge on any atom is 0.203 e. The Morgan fingerprint density at radius 2 is 2.00 bits per heavy atom. The molecule has 0 saturated carbocycles. The molecule has 0 saturated heterocycles. The zero-order valence-corrected chi connectivity index (χ0v) is 10.2. The van der Waals surface area contributed by atoms with E-state index < -0.39 is 0 Å². The van der Waals surface area contributed by atoms with Crippen LogP contribution >= 0.6 is 11.3 Å². The molecule has 0 radical (unpaired) electrons. The van der Waals surface area contributed by atoms with Crippen molar-refractivity contribution in [3.8, 4) is 0 Å². The molecule has 1 aromatic carbocycles. The van der Waals surface area contributed by atoms with Crippen LogP contribution in [-0.2, 0) is 6.54 Å². The summed E-state index contributed by atoms with van der Waals surface area (Å²) >= 11 is 1.44. The summed E-state index contributed by atoms with van der Waals surface area (Å²) in [6.45, 7) is 4.20. The number of benzene rings is 1. The summed E-state index contributed by atoms with van der Waals surface area (Å²) in [4.78, 5) is 13.0. The van der Waals surface area contributed by atoms with E-state index in [2.05, 4.69) is 6.58 Å². The van der Waals surface area contributed by atoms with E-state index in [1.54, 1.807) is 6.08 Å². The van der Waals surface area contributed by atoms with Gasteiger partial charge in [0.15, 0.2) is 0 Å². The lowest BCUT2D eigenvalue weighted by Crippen LogP contribution is -2.02. The van der Waals surface area contributed by atoms with E-state index in [0.717, 1.165) is 16.0 Å². The highest BCUT2D eigenvalue weighted by atomic mass is 32.1. The normalized spacial score (nSPS) is 10.2. The standard InChI is InChI=1S/C14H13NOS/c1-2-11-7-8-17-14(11)13(16)12-5-3-10(9-15)4-6-12/h2-8H,1,9,15H2. The number of rotatable bonds is 4. The second-order valence-corrected chi connectivity index (χ2v) is 4.56. The monoisotopic (exact) mass is 243 g/mol. The zero-order chi connectivity index (χ0) is 12.3. The first-order chi connectivity index (χ1) is 8.26. The topological polar surface area (TPSA) is 43.1 Å². The lowest BCUT2D eigenvalue weighted by molar-refractivity contribution is 0.104. The fourth-order valence-corrected chi connectivity index (χ4v) is 2.45. The third kappa shape index (κ3) is 2.35. The van der Waals surface area contributed by atoms with Crippen LogP contribution in [0.1, 0.15) is 26.4 Å². The van der Waals surface area contributed by atoms with Crippen molar-refractivity contribution < 1.29 is 4.79 Å². The molecule has 1 heterocycles. The van der Waals surface area contributed by atoms with E-state index in [0.29, 0.717) is 12.1 Å². The third-order valence-electron chi connectivity index (χ3n) is 2.57. The molecule has 3 heteroatoms. The van der Waals surface area contributed by atoms with E-state index >= 15 is 0 Å². The number of ketones is 1. The van der Waals surface area contributed by atoms with Gasteiger partial charge in [-0.15, -0.1) is 11.3 Å². The molecule has 0 atom stereocenters. The largest absolute Gasteiger partial charge is 0.326 e. The summed E-state index contributed by atoms with van der Waals surface area (Å²) in [6, 6.07) is 9.30. The second-order valence-electron chi connectivity index (χ2n) is 3.64. The van der Waals surface area contributed by atoms with Crippen molar-refractivity contribution in [3.05, 3.63) is 63.9 Å². The van der Waals surface area contributed by atoms with Gasteiger partial charge in [0, 0.05) is 12.1 Å². The minimum absolute atomic E-state index is 0.0403. The number of hydrogen-bond donors (Lipinski definition) is 1. The van der Waals surface area contributed by atoms with Gasteiger partial charge < -0.3 is 5.73 Å². The number of hydrogen-bond acceptors (Lipinski definition) is 3. The fourth-order valence-electron chi connectivity index (χ4n) is 1.59. The molecular weight excluding hydrogens is 230 g/mol. The summed E-state index contributed by atoms with van der Waals surface area (Å²) in [7, 11) is 0. The Hall–Kier alpha value is -1.71. The van der Waals surface area contributed by atoms with Crippen molar-refractivity contribution in [1.29, 1.82) is 0 Å². The molecule has 0 spiro atoms. The van der Waals surface area contributed by atoms with Crippen LogP contribution in [0.4, 0.5) is 0 Å². The lowest BCUT2D eigenvalue weighted by atomic mass is 10.1. The molecule has 2 rings (SSSR count). The van der Waals surface area contributed by atoms with Crippen molar-refractivity contribution in [3.63, 3.8) is 0 Å². The molecule has 0 amide bonds. The van der Waals surface area contributed by atoms with Crippen molar-refractivity contribution in [2.24, 2.45) is 5.73 Å². The van der Waals surface area contributed by atoms with Gasteiger partial charge in [-0.1, -0.05) is 36.9 Å². The highest BCUT2D eigenvalue weighted by Gasteiger charge is 2.13. The Kier molecular flexibility index (Phi) is 3.52. The predicted octanol–water partition coefficient (Wildman–Crippen LogP) is 3.08. The summed E-state index contributed by atoms with van der Waals surface area (Å²) < 4.78 is 0. The first-order valence-electron chi connectivity index (χ1n) is 5.30. The van der Waals surface area contributed by atoms with Gasteiger partial charge >= 0.3 is 0 Å². The molecular formula is C14H13NOS. The van der Waals surface area contributed by atoms with Gasteiger partial charge in [0.2, 0.25) is 5.78 Å². The van der Waals surface area contributed by atoms with E-state index in [1.165, 1.54) is 11.3 Å². The Morgan fingerprint density at radius 1 is 1.29 bits per heavy atom. The maximum atomic E-state index is 12.2. The molecule has 0 fully saturated rings. The maximum absolute atomic E-state index is 12.2. The Labute approximate surface area is 104 Å². The first kappa shape index (κ1) is 11.8. The summed E-state index contributed by atoms with van der Waals surface area (Å²) in [5.74, 6) is 0.0403. The summed E-state index contributed by atoms with van der Waals surface area (Å²) in [6.07, 6.45) is 1.71. The summed E-state index contributed by atoms with van der Waals surface area (Å²) in [5.41, 5.74) is 8.12. The highest BCUT2D eigenvalue weighted by molar-refractivity contribution is 7.12. The molecule has 0 bridgehead atoms. The number of nitrogens with two attached hydrogens (primary N) is 1. The number of carbonyl (C=O) groups excluding carboxylic acids is 1. The average Bonchev–Trinajstić information content (AvgIpc) is 2.86.